The van der Waals surface area contributed by atoms with Crippen molar-refractivity contribution >= 4 is 71.8 Å². The van der Waals surface area contributed by atoms with Gasteiger partial charge in [0.25, 0.3) is 0 Å². The summed E-state index contributed by atoms with van der Waals surface area (Å²) in [7, 11) is 0. The minimum atomic E-state index is 1.07. The number of anilines is 3. The molecule has 0 atom stereocenters. The van der Waals surface area contributed by atoms with Crippen molar-refractivity contribution in [2.75, 3.05) is 4.90 Å². The van der Waals surface area contributed by atoms with Gasteiger partial charge in [-0.05, 0) is 158 Å². The third kappa shape index (κ3) is 7.43. The first kappa shape index (κ1) is 44.3. The van der Waals surface area contributed by atoms with E-state index in [4.69, 9.17) is 0 Å². The molecule has 15 rings (SSSR count). The number of hydrogen-bond acceptors (Lipinski definition) is 1. The standard InChI is InChI=1S/C74H49N3/c1-5-19-50(20-6-1)51-33-40-58(41-34-51)77-69-31-17-15-28-63(69)66-47-55(37-45-71(66)77)52-35-38-57(39-36-52)75(60-43-46-72-67(48-60)64-29-16-18-32-70(64)76(72)56-25-11-4-12-26-56)59-42-44-62-61-27-13-14-30-65(61)74(68(62)49-59)73(53-21-7-2-8-22-53)54-23-9-3-10-24-54/h1-49H. The van der Waals surface area contributed by atoms with Gasteiger partial charge in [-0.15, -0.1) is 0 Å². The van der Waals surface area contributed by atoms with Crippen molar-refractivity contribution in [3.63, 3.8) is 0 Å². The summed E-state index contributed by atoms with van der Waals surface area (Å²) in [5, 5.41) is 4.88. The van der Waals surface area contributed by atoms with Gasteiger partial charge in [-0.2, -0.15) is 0 Å². The first-order valence-corrected chi connectivity index (χ1v) is 26.5. The number of fused-ring (bicyclic) bond motifs is 9. The maximum absolute atomic E-state index is 2.45. The Kier molecular flexibility index (Phi) is 10.5. The maximum atomic E-state index is 2.45. The summed E-state index contributed by atoms with van der Waals surface area (Å²) in [4.78, 5) is 2.45. The van der Waals surface area contributed by atoms with E-state index in [1.807, 2.05) is 0 Å². The Hall–Kier alpha value is -10.2. The minimum absolute atomic E-state index is 1.07. The zero-order valence-electron chi connectivity index (χ0n) is 42.1. The molecule has 1 aliphatic carbocycles. The van der Waals surface area contributed by atoms with Gasteiger partial charge in [0.05, 0.1) is 22.1 Å². The fourth-order valence-electron chi connectivity index (χ4n) is 12.2. The summed E-state index contributed by atoms with van der Waals surface area (Å²) < 4.78 is 4.79. The van der Waals surface area contributed by atoms with E-state index >= 15 is 0 Å². The molecule has 360 valence electrons. The van der Waals surface area contributed by atoms with Crippen molar-refractivity contribution in [2.24, 2.45) is 0 Å². The van der Waals surface area contributed by atoms with Gasteiger partial charge in [-0.1, -0.05) is 206 Å². The lowest BCUT2D eigenvalue weighted by Gasteiger charge is -2.27. The summed E-state index contributed by atoms with van der Waals surface area (Å²) in [5.74, 6) is 0. The fraction of sp³-hybridized carbons (Fsp3) is 0. The molecular weight excluding hydrogens is 931 g/mol. The molecule has 77 heavy (non-hydrogen) atoms. The number of hydrogen-bond donors (Lipinski definition) is 0. The van der Waals surface area contributed by atoms with Crippen molar-refractivity contribution in [2.45, 2.75) is 0 Å². The van der Waals surface area contributed by atoms with Gasteiger partial charge in [0, 0.05) is 50.0 Å². The molecule has 0 N–H and O–H groups in total. The molecule has 0 saturated heterocycles. The average molecular weight is 980 g/mol. The molecular formula is C74H49N3. The molecule has 0 amide bonds. The van der Waals surface area contributed by atoms with Gasteiger partial charge >= 0.3 is 0 Å². The fourth-order valence-corrected chi connectivity index (χ4v) is 12.2. The van der Waals surface area contributed by atoms with Crippen molar-refractivity contribution < 1.29 is 0 Å². The molecule has 0 radical (unpaired) electrons. The van der Waals surface area contributed by atoms with Crippen LogP contribution in [0.3, 0.4) is 0 Å². The molecule has 14 aromatic rings. The molecule has 3 heteroatoms. The summed E-state index contributed by atoms with van der Waals surface area (Å²) in [6.07, 6.45) is 0. The Labute approximate surface area is 447 Å². The molecule has 0 spiro atoms. The van der Waals surface area contributed by atoms with Crippen LogP contribution in [0.15, 0.2) is 297 Å². The lowest BCUT2D eigenvalue weighted by Crippen LogP contribution is -2.10. The average Bonchev–Trinajstić information content (AvgIpc) is 4.19. The summed E-state index contributed by atoms with van der Waals surface area (Å²) in [6.45, 7) is 0. The van der Waals surface area contributed by atoms with Gasteiger partial charge < -0.3 is 14.0 Å². The minimum Gasteiger partial charge on any atom is -0.310 e. The summed E-state index contributed by atoms with van der Waals surface area (Å²) >= 11 is 0. The number of para-hydroxylation sites is 3. The van der Waals surface area contributed by atoms with Crippen molar-refractivity contribution in [3.8, 4) is 44.8 Å². The summed E-state index contributed by atoms with van der Waals surface area (Å²) in [5.41, 5.74) is 24.8. The number of nitrogens with zero attached hydrogens (tertiary/aromatic N) is 3. The number of aromatic nitrogens is 2. The second-order valence-electron chi connectivity index (χ2n) is 20.0. The van der Waals surface area contributed by atoms with E-state index in [0.717, 1.165) is 34.0 Å². The van der Waals surface area contributed by atoms with Crippen molar-refractivity contribution in [3.05, 3.63) is 320 Å². The van der Waals surface area contributed by atoms with E-state index in [1.165, 1.54) is 105 Å². The van der Waals surface area contributed by atoms with Crippen LogP contribution in [-0.2, 0) is 0 Å². The molecule has 0 bridgehead atoms. The van der Waals surface area contributed by atoms with E-state index in [2.05, 4.69) is 311 Å². The molecule has 12 aromatic carbocycles. The van der Waals surface area contributed by atoms with Crippen LogP contribution in [0.1, 0.15) is 22.3 Å². The zero-order chi connectivity index (χ0) is 50.8. The molecule has 0 aliphatic heterocycles. The Balaban J connectivity index is 0.892. The molecule has 3 nitrogen and oxygen atoms in total. The third-order valence-corrected chi connectivity index (χ3v) is 15.7. The predicted molar refractivity (Wildman–Crippen MR) is 324 cm³/mol. The van der Waals surface area contributed by atoms with E-state index in [1.54, 1.807) is 0 Å². The molecule has 0 saturated carbocycles. The third-order valence-electron chi connectivity index (χ3n) is 15.7. The van der Waals surface area contributed by atoms with Crippen LogP contribution < -0.4 is 4.90 Å². The largest absolute Gasteiger partial charge is 0.310 e. The highest BCUT2D eigenvalue weighted by molar-refractivity contribution is 6.15. The van der Waals surface area contributed by atoms with Gasteiger partial charge in [0.2, 0.25) is 0 Å². The van der Waals surface area contributed by atoms with Gasteiger partial charge in [0.15, 0.2) is 0 Å². The molecule has 0 fully saturated rings. The highest BCUT2D eigenvalue weighted by Crippen LogP contribution is 2.51. The topological polar surface area (TPSA) is 13.1 Å². The van der Waals surface area contributed by atoms with Crippen LogP contribution in [0, 0.1) is 0 Å². The van der Waals surface area contributed by atoms with Crippen LogP contribution in [0.2, 0.25) is 0 Å². The van der Waals surface area contributed by atoms with E-state index in [-0.39, 0.29) is 0 Å². The zero-order valence-corrected chi connectivity index (χ0v) is 42.1. The van der Waals surface area contributed by atoms with E-state index in [9.17, 15) is 0 Å². The lowest BCUT2D eigenvalue weighted by atomic mass is 9.88. The normalized spacial score (nSPS) is 11.9. The van der Waals surface area contributed by atoms with Gasteiger partial charge in [-0.3, -0.25) is 0 Å². The number of benzene rings is 12. The molecule has 0 unspecified atom stereocenters. The summed E-state index contributed by atoms with van der Waals surface area (Å²) in [6, 6.07) is 109. The van der Waals surface area contributed by atoms with Crippen LogP contribution >= 0.6 is 0 Å². The van der Waals surface area contributed by atoms with E-state index in [0.29, 0.717) is 0 Å². The Bertz CT molecular complexity index is 4530. The predicted octanol–water partition coefficient (Wildman–Crippen LogP) is 19.7. The molecule has 2 heterocycles. The first-order valence-electron chi connectivity index (χ1n) is 26.5. The first-order chi connectivity index (χ1) is 38.2. The highest BCUT2D eigenvalue weighted by atomic mass is 15.1. The smallest absolute Gasteiger partial charge is 0.0542 e. The molecule has 2 aromatic heterocycles. The monoisotopic (exact) mass is 979 g/mol. The van der Waals surface area contributed by atoms with Gasteiger partial charge in [-0.25, -0.2) is 0 Å². The van der Waals surface area contributed by atoms with Crippen LogP contribution in [0.25, 0.3) is 99.5 Å². The Morgan fingerprint density at radius 2 is 0.662 bits per heavy atom. The van der Waals surface area contributed by atoms with E-state index < -0.39 is 0 Å². The second kappa shape index (κ2) is 18.3. The van der Waals surface area contributed by atoms with Crippen LogP contribution in [0.5, 0.6) is 0 Å². The number of rotatable bonds is 9. The Morgan fingerprint density at radius 3 is 1.31 bits per heavy atom. The van der Waals surface area contributed by atoms with Crippen molar-refractivity contribution in [1.82, 2.24) is 9.13 Å². The quantitative estimate of drug-likeness (QED) is 0.140. The Morgan fingerprint density at radius 1 is 0.247 bits per heavy atom. The van der Waals surface area contributed by atoms with Gasteiger partial charge in [0.1, 0.15) is 0 Å². The maximum Gasteiger partial charge on any atom is 0.0542 e. The SMILES string of the molecule is c1ccc(C(=C2c3ccccc3-c3ccc(N(c4ccc(-c5ccc6c(c5)c5ccccc5n6-c5ccc(-c6ccccc6)cc5)cc4)c4ccc5c(c4)c4ccccc4n5-c4ccccc4)cc32)c2ccccc2)cc1. The van der Waals surface area contributed by atoms with Crippen LogP contribution in [0.4, 0.5) is 17.1 Å². The lowest BCUT2D eigenvalue weighted by molar-refractivity contribution is 1.18. The molecule has 1 aliphatic rings. The highest BCUT2D eigenvalue weighted by Gasteiger charge is 2.29. The second-order valence-corrected chi connectivity index (χ2v) is 20.0. The van der Waals surface area contributed by atoms with Crippen LogP contribution in [-0.4, -0.2) is 9.13 Å². The van der Waals surface area contributed by atoms with Crippen molar-refractivity contribution in [1.29, 1.82) is 0 Å².